The minimum Gasteiger partial charge on any atom is -0.340 e. The molecule has 8 heteroatoms. The van der Waals surface area contributed by atoms with E-state index >= 15 is 0 Å². The number of imidazole rings is 1. The Hall–Kier alpha value is -2.32. The number of carbonyl (C=O) groups is 1. The molecule has 0 fully saturated rings. The smallest absolute Gasteiger partial charge is 0.257 e. The van der Waals surface area contributed by atoms with E-state index in [2.05, 4.69) is 41.1 Å². The maximum atomic E-state index is 13.3. The van der Waals surface area contributed by atoms with E-state index in [1.54, 1.807) is 12.3 Å². The van der Waals surface area contributed by atoms with Crippen LogP contribution in [0.4, 0.5) is 10.1 Å². The van der Waals surface area contributed by atoms with Gasteiger partial charge in [-0.15, -0.1) is 0 Å². The van der Waals surface area contributed by atoms with Gasteiger partial charge in [-0.2, -0.15) is 0 Å². The van der Waals surface area contributed by atoms with Gasteiger partial charge in [0, 0.05) is 24.8 Å². The third-order valence-electron chi connectivity index (χ3n) is 3.66. The molecule has 130 valence electrons. The molecule has 6 nitrogen and oxygen atoms in total. The van der Waals surface area contributed by atoms with Gasteiger partial charge in [-0.3, -0.25) is 4.79 Å². The largest absolute Gasteiger partial charge is 0.340 e. The topological polar surface area (TPSA) is 73.9 Å². The van der Waals surface area contributed by atoms with Crippen molar-refractivity contribution in [1.82, 2.24) is 19.9 Å². The predicted molar refractivity (Wildman–Crippen MR) is 98.2 cm³/mol. The van der Waals surface area contributed by atoms with Crippen molar-refractivity contribution in [3.8, 4) is 0 Å². The quantitative estimate of drug-likeness (QED) is 0.683. The number of carbonyl (C=O) groups excluding carboxylic acids is 1. The fourth-order valence-electron chi connectivity index (χ4n) is 2.37. The number of aromatic amines is 1. The lowest BCUT2D eigenvalue weighted by atomic mass is 10.2. The van der Waals surface area contributed by atoms with E-state index in [1.807, 2.05) is 14.1 Å². The summed E-state index contributed by atoms with van der Waals surface area (Å²) in [5.74, 6) is 0.0816. The molecule has 1 amide bonds. The summed E-state index contributed by atoms with van der Waals surface area (Å²) in [6, 6.07) is 5.94. The van der Waals surface area contributed by atoms with Crippen LogP contribution in [0.5, 0.6) is 0 Å². The Labute approximate surface area is 152 Å². The Morgan fingerprint density at radius 2 is 2.16 bits per heavy atom. The van der Waals surface area contributed by atoms with Crippen molar-refractivity contribution in [1.29, 1.82) is 0 Å². The van der Waals surface area contributed by atoms with Gasteiger partial charge >= 0.3 is 0 Å². The van der Waals surface area contributed by atoms with Gasteiger partial charge in [0.1, 0.15) is 11.6 Å². The van der Waals surface area contributed by atoms with E-state index in [0.717, 1.165) is 18.8 Å². The summed E-state index contributed by atoms with van der Waals surface area (Å²) in [6.45, 7) is 0.838. The van der Waals surface area contributed by atoms with E-state index in [9.17, 15) is 9.18 Å². The highest BCUT2D eigenvalue weighted by molar-refractivity contribution is 9.10. The number of anilines is 1. The number of likely N-dealkylation sites (N-methyl/N-ethyl adjacent to an activating group) is 1. The summed E-state index contributed by atoms with van der Waals surface area (Å²) < 4.78 is 13.6. The van der Waals surface area contributed by atoms with Crippen LogP contribution >= 0.6 is 15.9 Å². The third kappa shape index (κ3) is 4.02. The summed E-state index contributed by atoms with van der Waals surface area (Å²) >= 11 is 3.11. The zero-order chi connectivity index (χ0) is 18.0. The number of aromatic nitrogens is 3. The van der Waals surface area contributed by atoms with Gasteiger partial charge in [0.15, 0.2) is 5.65 Å². The molecule has 3 aromatic rings. The van der Waals surface area contributed by atoms with Gasteiger partial charge < -0.3 is 15.2 Å². The van der Waals surface area contributed by atoms with Crippen LogP contribution in [0.25, 0.3) is 11.2 Å². The molecule has 1 aromatic carbocycles. The summed E-state index contributed by atoms with van der Waals surface area (Å²) in [7, 11) is 3.97. The van der Waals surface area contributed by atoms with Crippen LogP contribution in [0.3, 0.4) is 0 Å². The number of H-pyrrole nitrogens is 1. The van der Waals surface area contributed by atoms with Crippen molar-refractivity contribution in [2.24, 2.45) is 0 Å². The second kappa shape index (κ2) is 7.28. The molecule has 0 saturated heterocycles. The molecule has 0 bridgehead atoms. The summed E-state index contributed by atoms with van der Waals surface area (Å²) in [6.07, 6.45) is 2.28. The molecular weight excluding hydrogens is 389 g/mol. The monoisotopic (exact) mass is 405 g/mol. The first-order chi connectivity index (χ1) is 11.9. The van der Waals surface area contributed by atoms with Gasteiger partial charge in [-0.25, -0.2) is 14.4 Å². The summed E-state index contributed by atoms with van der Waals surface area (Å²) in [4.78, 5) is 26.5. The SMILES string of the molecule is CN(C)CCc1nc2nccc(C(=O)Nc3ccc(F)c(Br)c3)c2[nH]1. The second-order valence-corrected chi connectivity index (χ2v) is 6.73. The number of nitrogens with one attached hydrogen (secondary N) is 2. The predicted octanol–water partition coefficient (Wildman–Crippen LogP) is 3.22. The normalized spacial score (nSPS) is 11.2. The van der Waals surface area contributed by atoms with E-state index < -0.39 is 0 Å². The third-order valence-corrected chi connectivity index (χ3v) is 4.27. The number of amides is 1. The zero-order valence-corrected chi connectivity index (χ0v) is 15.4. The average molecular weight is 406 g/mol. The van der Waals surface area contributed by atoms with Crippen LogP contribution in [-0.2, 0) is 6.42 Å². The van der Waals surface area contributed by atoms with Crippen molar-refractivity contribution < 1.29 is 9.18 Å². The molecule has 0 radical (unpaired) electrons. The highest BCUT2D eigenvalue weighted by atomic mass is 79.9. The molecule has 2 aromatic heterocycles. The molecular formula is C17H17BrFN5O. The Morgan fingerprint density at radius 1 is 1.36 bits per heavy atom. The lowest BCUT2D eigenvalue weighted by Gasteiger charge is -2.07. The minimum atomic E-state index is -0.386. The van der Waals surface area contributed by atoms with E-state index in [1.165, 1.54) is 18.2 Å². The number of halogens is 2. The standard InChI is InChI=1S/C17H17BrFN5O/c1-24(2)8-6-14-22-15-11(5-7-20-16(15)23-14)17(25)21-10-3-4-13(19)12(18)9-10/h3-5,7,9H,6,8H2,1-2H3,(H,21,25)(H,20,22,23). The number of nitrogens with zero attached hydrogens (tertiary/aromatic N) is 3. The van der Waals surface area contributed by atoms with E-state index in [0.29, 0.717) is 22.4 Å². The second-order valence-electron chi connectivity index (χ2n) is 5.88. The molecule has 0 aliphatic heterocycles. The van der Waals surface area contributed by atoms with Gasteiger partial charge in [-0.05, 0) is 54.3 Å². The van der Waals surface area contributed by atoms with E-state index in [-0.39, 0.29) is 16.2 Å². The fourth-order valence-corrected chi connectivity index (χ4v) is 2.75. The first-order valence-corrected chi connectivity index (χ1v) is 8.48. The van der Waals surface area contributed by atoms with Crippen LogP contribution in [0, 0.1) is 5.82 Å². The van der Waals surface area contributed by atoms with Crippen molar-refractivity contribution in [2.45, 2.75) is 6.42 Å². The molecule has 2 heterocycles. The average Bonchev–Trinajstić information content (AvgIpc) is 2.99. The van der Waals surface area contributed by atoms with Crippen LogP contribution < -0.4 is 5.32 Å². The fraction of sp³-hybridized carbons (Fsp3) is 0.235. The lowest BCUT2D eigenvalue weighted by Crippen LogP contribution is -2.15. The molecule has 0 aliphatic rings. The molecule has 0 spiro atoms. The number of benzene rings is 1. The first kappa shape index (κ1) is 17.5. The number of fused-ring (bicyclic) bond motifs is 1. The minimum absolute atomic E-state index is 0.290. The van der Waals surface area contributed by atoms with Crippen LogP contribution in [0.2, 0.25) is 0 Å². The van der Waals surface area contributed by atoms with Crippen molar-refractivity contribution in [2.75, 3.05) is 26.0 Å². The highest BCUT2D eigenvalue weighted by Gasteiger charge is 2.15. The van der Waals surface area contributed by atoms with Crippen LogP contribution in [0.15, 0.2) is 34.9 Å². The Bertz CT molecular complexity index is 925. The van der Waals surface area contributed by atoms with Gasteiger partial charge in [-0.1, -0.05) is 0 Å². The molecule has 3 rings (SSSR count). The zero-order valence-electron chi connectivity index (χ0n) is 13.8. The van der Waals surface area contributed by atoms with E-state index in [4.69, 9.17) is 0 Å². The number of hydrogen-bond acceptors (Lipinski definition) is 4. The van der Waals surface area contributed by atoms with Crippen molar-refractivity contribution >= 4 is 38.7 Å². The maximum Gasteiger partial charge on any atom is 0.257 e. The Morgan fingerprint density at radius 3 is 2.88 bits per heavy atom. The van der Waals surface area contributed by atoms with Gasteiger partial charge in [0.2, 0.25) is 0 Å². The Kier molecular flexibility index (Phi) is 5.10. The molecule has 0 aliphatic carbocycles. The first-order valence-electron chi connectivity index (χ1n) is 7.69. The van der Waals surface area contributed by atoms with Crippen molar-refractivity contribution in [3.05, 3.63) is 52.1 Å². The molecule has 2 N–H and O–H groups in total. The maximum absolute atomic E-state index is 13.3. The highest BCUT2D eigenvalue weighted by Crippen LogP contribution is 2.21. The molecule has 0 saturated carbocycles. The summed E-state index contributed by atoms with van der Waals surface area (Å²) in [5, 5.41) is 2.76. The lowest BCUT2D eigenvalue weighted by molar-refractivity contribution is 0.102. The molecule has 25 heavy (non-hydrogen) atoms. The number of hydrogen-bond donors (Lipinski definition) is 2. The van der Waals surface area contributed by atoms with Gasteiger partial charge in [0.05, 0.1) is 15.6 Å². The van der Waals surface area contributed by atoms with Crippen LogP contribution in [0.1, 0.15) is 16.2 Å². The van der Waals surface area contributed by atoms with Crippen molar-refractivity contribution in [3.63, 3.8) is 0 Å². The molecule has 0 unspecified atom stereocenters. The number of pyridine rings is 1. The van der Waals surface area contributed by atoms with Crippen LogP contribution in [-0.4, -0.2) is 46.4 Å². The van der Waals surface area contributed by atoms with Gasteiger partial charge in [0.25, 0.3) is 5.91 Å². The number of rotatable bonds is 5. The summed E-state index contributed by atoms with van der Waals surface area (Å²) in [5.41, 5.74) is 2.03. The molecule has 0 atom stereocenters. The Balaban J connectivity index is 1.86.